The number of aromatic hydroxyl groups is 1. The van der Waals surface area contributed by atoms with Crippen LogP contribution in [0.1, 0.15) is 12.7 Å². The van der Waals surface area contributed by atoms with Gasteiger partial charge in [-0.25, -0.2) is 9.97 Å². The van der Waals surface area contributed by atoms with Crippen molar-refractivity contribution < 1.29 is 5.11 Å². The number of hydrogen-bond acceptors (Lipinski definition) is 4. The summed E-state index contributed by atoms with van der Waals surface area (Å²) >= 11 is 0. The first-order valence-electron chi connectivity index (χ1n) is 6.36. The Morgan fingerprint density at radius 1 is 1.20 bits per heavy atom. The molecule has 5 nitrogen and oxygen atoms in total. The van der Waals surface area contributed by atoms with Gasteiger partial charge < -0.3 is 5.11 Å². The molecule has 0 aliphatic rings. The third kappa shape index (κ3) is 1.93. The minimum atomic E-state index is -0.148. The van der Waals surface area contributed by atoms with E-state index >= 15 is 0 Å². The topological polar surface area (TPSA) is 68.0 Å². The third-order valence-electron chi connectivity index (χ3n) is 3.14. The largest absolute Gasteiger partial charge is 0.508 e. The van der Waals surface area contributed by atoms with Crippen molar-refractivity contribution in [2.75, 3.05) is 0 Å². The number of aryl methyl sites for hydroxylation is 1. The standard InChI is InChI=1S/C15H13N3O2/c1-2-13-17-14-12(4-3-9-16-14)15(20)18(13)10-5-7-11(19)8-6-10/h3-9,19H,2H2,1H3. The van der Waals surface area contributed by atoms with Crippen molar-refractivity contribution in [2.45, 2.75) is 13.3 Å². The Hall–Kier alpha value is -2.69. The molecular formula is C15H13N3O2. The van der Waals surface area contributed by atoms with Gasteiger partial charge in [-0.05, 0) is 36.4 Å². The minimum Gasteiger partial charge on any atom is -0.508 e. The van der Waals surface area contributed by atoms with Crippen LogP contribution in [0.4, 0.5) is 0 Å². The molecule has 0 unspecified atom stereocenters. The van der Waals surface area contributed by atoms with E-state index in [0.29, 0.717) is 29.0 Å². The molecule has 0 atom stereocenters. The Morgan fingerprint density at radius 3 is 2.65 bits per heavy atom. The molecule has 20 heavy (non-hydrogen) atoms. The summed E-state index contributed by atoms with van der Waals surface area (Å²) in [5, 5.41) is 9.84. The predicted octanol–water partition coefficient (Wildman–Crippen LogP) is 2.05. The van der Waals surface area contributed by atoms with Crippen molar-refractivity contribution in [3.63, 3.8) is 0 Å². The Balaban J connectivity index is 2.36. The van der Waals surface area contributed by atoms with Crippen LogP contribution in [-0.2, 0) is 6.42 Å². The second-order valence-corrected chi connectivity index (χ2v) is 4.41. The third-order valence-corrected chi connectivity index (χ3v) is 3.14. The van der Waals surface area contributed by atoms with Gasteiger partial charge in [0.1, 0.15) is 11.6 Å². The minimum absolute atomic E-state index is 0.148. The highest BCUT2D eigenvalue weighted by Gasteiger charge is 2.11. The summed E-state index contributed by atoms with van der Waals surface area (Å²) in [7, 11) is 0. The molecule has 0 amide bonds. The van der Waals surface area contributed by atoms with Crippen LogP contribution in [0.25, 0.3) is 16.7 Å². The molecule has 0 saturated carbocycles. The predicted molar refractivity (Wildman–Crippen MR) is 76.2 cm³/mol. The van der Waals surface area contributed by atoms with Crippen LogP contribution in [0.15, 0.2) is 47.4 Å². The van der Waals surface area contributed by atoms with Gasteiger partial charge in [0, 0.05) is 12.6 Å². The van der Waals surface area contributed by atoms with Crippen LogP contribution in [0.3, 0.4) is 0 Å². The lowest BCUT2D eigenvalue weighted by Crippen LogP contribution is -2.23. The summed E-state index contributed by atoms with van der Waals surface area (Å²) in [6, 6.07) is 9.93. The Kier molecular flexibility index (Phi) is 2.95. The second-order valence-electron chi connectivity index (χ2n) is 4.41. The number of fused-ring (bicyclic) bond motifs is 1. The number of pyridine rings is 1. The molecule has 0 spiro atoms. The van der Waals surface area contributed by atoms with Crippen molar-refractivity contribution in [2.24, 2.45) is 0 Å². The number of hydrogen-bond donors (Lipinski definition) is 1. The average molecular weight is 267 g/mol. The molecule has 0 aliphatic heterocycles. The summed E-state index contributed by atoms with van der Waals surface area (Å²) in [5.74, 6) is 0.808. The van der Waals surface area contributed by atoms with Gasteiger partial charge in [-0.1, -0.05) is 6.92 Å². The summed E-state index contributed by atoms with van der Waals surface area (Å²) in [6.45, 7) is 1.94. The maximum Gasteiger partial charge on any atom is 0.267 e. The number of aromatic nitrogens is 3. The first-order chi connectivity index (χ1) is 9.70. The van der Waals surface area contributed by atoms with E-state index in [1.54, 1.807) is 47.2 Å². The molecule has 2 aromatic heterocycles. The Morgan fingerprint density at radius 2 is 1.95 bits per heavy atom. The van der Waals surface area contributed by atoms with Crippen molar-refractivity contribution in [1.82, 2.24) is 14.5 Å². The smallest absolute Gasteiger partial charge is 0.267 e. The van der Waals surface area contributed by atoms with E-state index in [2.05, 4.69) is 9.97 Å². The molecule has 0 fully saturated rings. The van der Waals surface area contributed by atoms with E-state index in [0.717, 1.165) is 0 Å². The zero-order valence-electron chi connectivity index (χ0n) is 10.9. The monoisotopic (exact) mass is 267 g/mol. The average Bonchev–Trinajstić information content (AvgIpc) is 2.48. The molecule has 1 aromatic carbocycles. The molecule has 5 heteroatoms. The van der Waals surface area contributed by atoms with E-state index in [1.807, 2.05) is 6.92 Å². The molecule has 0 aliphatic carbocycles. The van der Waals surface area contributed by atoms with Crippen molar-refractivity contribution in [3.05, 3.63) is 58.8 Å². The zero-order valence-corrected chi connectivity index (χ0v) is 10.9. The van der Waals surface area contributed by atoms with E-state index in [-0.39, 0.29) is 11.3 Å². The summed E-state index contributed by atoms with van der Waals surface area (Å²) in [5.41, 5.74) is 0.998. The molecular weight excluding hydrogens is 254 g/mol. The van der Waals surface area contributed by atoms with Crippen molar-refractivity contribution in [1.29, 1.82) is 0 Å². The molecule has 100 valence electrons. The lowest BCUT2D eigenvalue weighted by Gasteiger charge is -2.11. The molecule has 1 N–H and O–H groups in total. The zero-order chi connectivity index (χ0) is 14.1. The maximum atomic E-state index is 12.6. The number of rotatable bonds is 2. The number of phenols is 1. The maximum absolute atomic E-state index is 12.6. The summed E-state index contributed by atoms with van der Waals surface area (Å²) < 4.78 is 1.56. The Labute approximate surface area is 115 Å². The normalized spacial score (nSPS) is 10.8. The molecule has 0 saturated heterocycles. The van der Waals surface area contributed by atoms with Gasteiger partial charge in [0.15, 0.2) is 5.65 Å². The van der Waals surface area contributed by atoms with E-state index in [4.69, 9.17) is 0 Å². The SMILES string of the molecule is CCc1nc2ncccc2c(=O)n1-c1ccc(O)cc1. The first-order valence-corrected chi connectivity index (χ1v) is 6.36. The number of nitrogens with zero attached hydrogens (tertiary/aromatic N) is 3. The van der Waals surface area contributed by atoms with Gasteiger partial charge in [-0.2, -0.15) is 0 Å². The van der Waals surface area contributed by atoms with Crippen LogP contribution >= 0.6 is 0 Å². The van der Waals surface area contributed by atoms with Crippen LogP contribution < -0.4 is 5.56 Å². The molecule has 0 bridgehead atoms. The highest BCUT2D eigenvalue weighted by Crippen LogP contribution is 2.15. The van der Waals surface area contributed by atoms with Crippen molar-refractivity contribution in [3.8, 4) is 11.4 Å². The lowest BCUT2D eigenvalue weighted by atomic mass is 10.2. The van der Waals surface area contributed by atoms with Gasteiger partial charge >= 0.3 is 0 Å². The van der Waals surface area contributed by atoms with E-state index < -0.39 is 0 Å². The highest BCUT2D eigenvalue weighted by atomic mass is 16.3. The van der Waals surface area contributed by atoms with Crippen LogP contribution in [0.2, 0.25) is 0 Å². The lowest BCUT2D eigenvalue weighted by molar-refractivity contribution is 0.475. The van der Waals surface area contributed by atoms with Gasteiger partial charge in [-0.15, -0.1) is 0 Å². The van der Waals surface area contributed by atoms with Gasteiger partial charge in [0.25, 0.3) is 5.56 Å². The van der Waals surface area contributed by atoms with E-state index in [9.17, 15) is 9.90 Å². The van der Waals surface area contributed by atoms with Gasteiger partial charge in [-0.3, -0.25) is 9.36 Å². The van der Waals surface area contributed by atoms with Gasteiger partial charge in [0.05, 0.1) is 11.1 Å². The number of benzene rings is 1. The second kappa shape index (κ2) is 4.77. The van der Waals surface area contributed by atoms with Crippen molar-refractivity contribution >= 4 is 11.0 Å². The molecule has 3 aromatic rings. The summed E-state index contributed by atoms with van der Waals surface area (Å²) in [6.07, 6.45) is 2.24. The van der Waals surface area contributed by atoms with Crippen LogP contribution in [0, 0.1) is 0 Å². The highest BCUT2D eigenvalue weighted by molar-refractivity contribution is 5.73. The number of phenolic OH excluding ortho intramolecular Hbond substituents is 1. The van der Waals surface area contributed by atoms with Crippen LogP contribution in [-0.4, -0.2) is 19.6 Å². The molecule has 0 radical (unpaired) electrons. The Bertz CT molecular complexity index is 823. The molecule has 3 rings (SSSR count). The molecule has 2 heterocycles. The quantitative estimate of drug-likeness (QED) is 0.771. The summed E-state index contributed by atoms with van der Waals surface area (Å²) in [4.78, 5) is 21.2. The van der Waals surface area contributed by atoms with Crippen LogP contribution in [0.5, 0.6) is 5.75 Å². The fraction of sp³-hybridized carbons (Fsp3) is 0.133. The fourth-order valence-corrected chi connectivity index (χ4v) is 2.17. The fourth-order valence-electron chi connectivity index (χ4n) is 2.17. The van der Waals surface area contributed by atoms with E-state index in [1.165, 1.54) is 0 Å². The van der Waals surface area contributed by atoms with Gasteiger partial charge in [0.2, 0.25) is 0 Å². The first kappa shape index (κ1) is 12.3.